The van der Waals surface area contributed by atoms with Crippen LogP contribution < -0.4 is 5.32 Å². The highest BCUT2D eigenvalue weighted by Gasteiger charge is 2.32. The second kappa shape index (κ2) is 6.65. The SMILES string of the molecule is CC(C1CC1)N(C)C(=O)NCCCc1nc2ccccc2s1. The molecule has 4 nitrogen and oxygen atoms in total. The van der Waals surface area contributed by atoms with Crippen molar-refractivity contribution in [3.63, 3.8) is 0 Å². The van der Waals surface area contributed by atoms with Crippen molar-refractivity contribution in [1.29, 1.82) is 0 Å². The lowest BCUT2D eigenvalue weighted by atomic mass is 10.2. The Morgan fingerprint density at radius 3 is 2.95 bits per heavy atom. The van der Waals surface area contributed by atoms with E-state index >= 15 is 0 Å². The van der Waals surface area contributed by atoms with Gasteiger partial charge in [0.05, 0.1) is 15.2 Å². The summed E-state index contributed by atoms with van der Waals surface area (Å²) in [6.45, 7) is 2.84. The Bertz CT molecular complexity index is 617. The molecule has 2 amide bonds. The van der Waals surface area contributed by atoms with Crippen LogP contribution in [0.2, 0.25) is 0 Å². The summed E-state index contributed by atoms with van der Waals surface area (Å²) in [5.74, 6) is 0.707. The molecule has 1 aromatic carbocycles. The first-order valence-corrected chi connectivity index (χ1v) is 8.82. The zero-order chi connectivity index (χ0) is 15.5. The first-order chi connectivity index (χ1) is 10.6. The summed E-state index contributed by atoms with van der Waals surface area (Å²) in [6.07, 6.45) is 4.37. The Labute approximate surface area is 135 Å². The summed E-state index contributed by atoms with van der Waals surface area (Å²) >= 11 is 1.75. The largest absolute Gasteiger partial charge is 0.338 e. The van der Waals surface area contributed by atoms with E-state index in [1.165, 1.54) is 17.5 Å². The molecule has 3 rings (SSSR count). The van der Waals surface area contributed by atoms with Crippen molar-refractivity contribution in [2.24, 2.45) is 5.92 Å². The highest BCUT2D eigenvalue weighted by Crippen LogP contribution is 2.34. The minimum atomic E-state index is 0.0451. The molecule has 22 heavy (non-hydrogen) atoms. The molecule has 1 saturated carbocycles. The van der Waals surface area contributed by atoms with Crippen LogP contribution in [0.1, 0.15) is 31.2 Å². The minimum Gasteiger partial charge on any atom is -0.338 e. The first kappa shape index (κ1) is 15.3. The normalized spacial score (nSPS) is 15.7. The lowest BCUT2D eigenvalue weighted by Crippen LogP contribution is -2.43. The molecule has 1 aromatic heterocycles. The van der Waals surface area contributed by atoms with Gasteiger partial charge in [0.1, 0.15) is 0 Å². The van der Waals surface area contributed by atoms with Crippen LogP contribution in [-0.4, -0.2) is 35.5 Å². The smallest absolute Gasteiger partial charge is 0.317 e. The molecule has 5 heteroatoms. The van der Waals surface area contributed by atoms with Gasteiger partial charge in [0.15, 0.2) is 0 Å². The number of hydrogen-bond acceptors (Lipinski definition) is 3. The number of hydrogen-bond donors (Lipinski definition) is 1. The van der Waals surface area contributed by atoms with E-state index in [0.29, 0.717) is 18.5 Å². The molecule has 1 aliphatic carbocycles. The summed E-state index contributed by atoms with van der Waals surface area (Å²) in [5.41, 5.74) is 1.07. The van der Waals surface area contributed by atoms with Gasteiger partial charge in [-0.3, -0.25) is 0 Å². The van der Waals surface area contributed by atoms with E-state index in [-0.39, 0.29) is 6.03 Å². The van der Waals surface area contributed by atoms with Gasteiger partial charge >= 0.3 is 6.03 Å². The number of nitrogens with one attached hydrogen (secondary N) is 1. The van der Waals surface area contributed by atoms with E-state index in [2.05, 4.69) is 23.3 Å². The molecule has 1 atom stereocenters. The maximum Gasteiger partial charge on any atom is 0.317 e. The quantitative estimate of drug-likeness (QED) is 0.826. The van der Waals surface area contributed by atoms with Gasteiger partial charge in [-0.2, -0.15) is 0 Å². The maximum absolute atomic E-state index is 12.1. The molecule has 1 fully saturated rings. The van der Waals surface area contributed by atoms with Crippen molar-refractivity contribution < 1.29 is 4.79 Å². The van der Waals surface area contributed by atoms with Crippen molar-refractivity contribution in [3.8, 4) is 0 Å². The zero-order valence-electron chi connectivity index (χ0n) is 13.2. The van der Waals surface area contributed by atoms with Crippen molar-refractivity contribution in [3.05, 3.63) is 29.3 Å². The molecule has 0 saturated heterocycles. The van der Waals surface area contributed by atoms with Crippen LogP contribution in [0.3, 0.4) is 0 Å². The summed E-state index contributed by atoms with van der Waals surface area (Å²) in [4.78, 5) is 18.5. The number of carbonyl (C=O) groups excluding carboxylic acids is 1. The van der Waals surface area contributed by atoms with Gasteiger partial charge in [-0.25, -0.2) is 9.78 Å². The number of aromatic nitrogens is 1. The number of thiazole rings is 1. The third kappa shape index (κ3) is 3.58. The van der Waals surface area contributed by atoms with Crippen molar-refractivity contribution in [1.82, 2.24) is 15.2 Å². The van der Waals surface area contributed by atoms with Crippen molar-refractivity contribution in [2.45, 2.75) is 38.6 Å². The summed E-state index contributed by atoms with van der Waals surface area (Å²) in [7, 11) is 1.89. The summed E-state index contributed by atoms with van der Waals surface area (Å²) < 4.78 is 1.24. The Hall–Kier alpha value is -1.62. The predicted octanol–water partition coefficient (Wildman–Crippen LogP) is 3.67. The summed E-state index contributed by atoms with van der Waals surface area (Å²) in [5, 5.41) is 4.16. The zero-order valence-corrected chi connectivity index (χ0v) is 14.0. The van der Waals surface area contributed by atoms with E-state index in [4.69, 9.17) is 0 Å². The average Bonchev–Trinajstić information content (AvgIpc) is 3.29. The Balaban J connectivity index is 1.42. The van der Waals surface area contributed by atoms with E-state index in [9.17, 15) is 4.79 Å². The number of urea groups is 1. The number of amides is 2. The molecule has 1 heterocycles. The molecule has 1 N–H and O–H groups in total. The van der Waals surface area contributed by atoms with Crippen LogP contribution in [0.4, 0.5) is 4.79 Å². The fourth-order valence-corrected chi connectivity index (χ4v) is 3.68. The molecule has 118 valence electrons. The van der Waals surface area contributed by atoms with E-state index in [0.717, 1.165) is 23.4 Å². The van der Waals surface area contributed by atoms with E-state index in [1.54, 1.807) is 11.3 Å². The Morgan fingerprint density at radius 2 is 2.23 bits per heavy atom. The van der Waals surface area contributed by atoms with Gasteiger partial charge in [0.25, 0.3) is 0 Å². The molecular weight excluding hydrogens is 294 g/mol. The van der Waals surface area contributed by atoms with Gasteiger partial charge in [0, 0.05) is 26.1 Å². The van der Waals surface area contributed by atoms with Gasteiger partial charge < -0.3 is 10.2 Å². The average molecular weight is 317 g/mol. The lowest BCUT2D eigenvalue weighted by Gasteiger charge is -2.25. The number of benzene rings is 1. The summed E-state index contributed by atoms with van der Waals surface area (Å²) in [6, 6.07) is 8.61. The third-order valence-corrected chi connectivity index (χ3v) is 5.51. The maximum atomic E-state index is 12.1. The molecule has 0 aliphatic heterocycles. The van der Waals surface area contributed by atoms with Gasteiger partial charge in [-0.05, 0) is 44.2 Å². The number of rotatable bonds is 6. The molecule has 0 radical (unpaired) electrons. The van der Waals surface area contributed by atoms with Crippen LogP contribution in [0.25, 0.3) is 10.2 Å². The van der Waals surface area contributed by atoms with Crippen molar-refractivity contribution >= 4 is 27.6 Å². The number of fused-ring (bicyclic) bond motifs is 1. The highest BCUT2D eigenvalue weighted by molar-refractivity contribution is 7.18. The Kier molecular flexibility index (Phi) is 4.62. The molecule has 1 unspecified atom stereocenters. The number of para-hydroxylation sites is 1. The van der Waals surface area contributed by atoms with Gasteiger partial charge in [0.2, 0.25) is 0 Å². The van der Waals surface area contributed by atoms with Gasteiger partial charge in [-0.1, -0.05) is 12.1 Å². The minimum absolute atomic E-state index is 0.0451. The number of carbonyl (C=O) groups is 1. The second-order valence-corrected chi connectivity index (χ2v) is 7.21. The molecule has 0 bridgehead atoms. The topological polar surface area (TPSA) is 45.2 Å². The lowest BCUT2D eigenvalue weighted by molar-refractivity contribution is 0.188. The molecular formula is C17H23N3OS. The highest BCUT2D eigenvalue weighted by atomic mass is 32.1. The standard InChI is InChI=1S/C17H23N3OS/c1-12(13-9-10-13)20(2)17(21)18-11-5-8-16-19-14-6-3-4-7-15(14)22-16/h3-4,6-7,12-13H,5,8-11H2,1-2H3,(H,18,21). The second-order valence-electron chi connectivity index (χ2n) is 6.10. The van der Waals surface area contributed by atoms with Crippen LogP contribution >= 0.6 is 11.3 Å². The predicted molar refractivity (Wildman–Crippen MR) is 91.3 cm³/mol. The fourth-order valence-electron chi connectivity index (χ4n) is 2.67. The third-order valence-electron chi connectivity index (χ3n) is 4.42. The number of aryl methyl sites for hydroxylation is 1. The van der Waals surface area contributed by atoms with Crippen LogP contribution in [-0.2, 0) is 6.42 Å². The monoisotopic (exact) mass is 317 g/mol. The molecule has 1 aliphatic rings. The van der Waals surface area contributed by atoms with Crippen LogP contribution in [0.5, 0.6) is 0 Å². The fraction of sp³-hybridized carbons (Fsp3) is 0.529. The molecule has 0 spiro atoms. The van der Waals surface area contributed by atoms with Crippen molar-refractivity contribution in [2.75, 3.05) is 13.6 Å². The van der Waals surface area contributed by atoms with Gasteiger partial charge in [-0.15, -0.1) is 11.3 Å². The van der Waals surface area contributed by atoms with Crippen LogP contribution in [0.15, 0.2) is 24.3 Å². The van der Waals surface area contributed by atoms with E-state index < -0.39 is 0 Å². The van der Waals surface area contributed by atoms with E-state index in [1.807, 2.05) is 30.1 Å². The van der Waals surface area contributed by atoms with Crippen LogP contribution in [0, 0.1) is 5.92 Å². The number of nitrogens with zero attached hydrogens (tertiary/aromatic N) is 2. The first-order valence-electron chi connectivity index (χ1n) is 8.00. The Morgan fingerprint density at radius 1 is 1.45 bits per heavy atom. The molecule has 2 aromatic rings.